The van der Waals surface area contributed by atoms with Gasteiger partial charge in [0.05, 0.1) is 13.3 Å². The number of carbonyl (C=O) groups is 1. The van der Waals surface area contributed by atoms with Gasteiger partial charge in [-0.3, -0.25) is 4.79 Å². The second kappa shape index (κ2) is 8.05. The van der Waals surface area contributed by atoms with Crippen molar-refractivity contribution in [2.45, 2.75) is 0 Å². The van der Waals surface area contributed by atoms with Crippen molar-refractivity contribution >= 4 is 12.1 Å². The maximum Gasteiger partial charge on any atom is 0.271 e. The molecule has 6 heteroatoms. The Morgan fingerprint density at radius 3 is 2.48 bits per heavy atom. The Bertz CT molecular complexity index is 982. The first-order valence-electron chi connectivity index (χ1n) is 8.16. The Kier molecular flexibility index (Phi) is 5.37. The van der Waals surface area contributed by atoms with Crippen LogP contribution in [0.5, 0.6) is 17.2 Å². The molecule has 0 heterocycles. The summed E-state index contributed by atoms with van der Waals surface area (Å²) in [5, 5.41) is 22.8. The molecule has 136 valence electrons. The summed E-state index contributed by atoms with van der Waals surface area (Å²) in [6.45, 7) is 0. The molecular weight excluding hydrogens is 344 g/mol. The van der Waals surface area contributed by atoms with Gasteiger partial charge >= 0.3 is 0 Å². The van der Waals surface area contributed by atoms with Crippen LogP contribution < -0.4 is 10.2 Å². The highest BCUT2D eigenvalue weighted by molar-refractivity contribution is 5.96. The Balaban J connectivity index is 1.72. The fourth-order valence-electron chi connectivity index (χ4n) is 2.49. The van der Waals surface area contributed by atoms with Crippen LogP contribution in [0.4, 0.5) is 0 Å². The first-order valence-corrected chi connectivity index (χ1v) is 8.16. The van der Waals surface area contributed by atoms with Crippen molar-refractivity contribution in [3.05, 3.63) is 77.9 Å². The summed E-state index contributed by atoms with van der Waals surface area (Å²) in [6, 6.07) is 18.8. The topological polar surface area (TPSA) is 91.2 Å². The summed E-state index contributed by atoms with van der Waals surface area (Å²) in [5.41, 5.74) is 5.11. The molecule has 1 amide bonds. The molecule has 0 radical (unpaired) electrons. The molecule has 6 nitrogen and oxygen atoms in total. The number of nitrogens with zero attached hydrogens (tertiary/aromatic N) is 1. The standard InChI is InChI=1S/C21H18N2O4/c1-27-19-9-6-14(7-10-19)15-3-2-4-16(11-15)21(26)23-22-13-17-5-8-18(24)12-20(17)25/h2-13,24-25H,1H3,(H,23,26). The van der Waals surface area contributed by atoms with Gasteiger partial charge in [-0.2, -0.15) is 5.10 Å². The summed E-state index contributed by atoms with van der Waals surface area (Å²) < 4.78 is 5.15. The second-order valence-electron chi connectivity index (χ2n) is 5.75. The monoisotopic (exact) mass is 362 g/mol. The molecule has 0 spiro atoms. The van der Waals surface area contributed by atoms with Crippen LogP contribution in [-0.4, -0.2) is 29.4 Å². The molecule has 3 rings (SSSR count). The van der Waals surface area contributed by atoms with Crippen LogP contribution in [0.15, 0.2) is 71.8 Å². The molecule has 0 saturated heterocycles. The minimum Gasteiger partial charge on any atom is -0.508 e. The van der Waals surface area contributed by atoms with Crippen molar-refractivity contribution in [1.29, 1.82) is 0 Å². The molecule has 0 aromatic heterocycles. The third-order valence-corrected chi connectivity index (χ3v) is 3.93. The number of carbonyl (C=O) groups excluding carboxylic acids is 1. The molecule has 0 aliphatic carbocycles. The smallest absolute Gasteiger partial charge is 0.271 e. The van der Waals surface area contributed by atoms with Crippen LogP contribution in [0.1, 0.15) is 15.9 Å². The summed E-state index contributed by atoms with van der Waals surface area (Å²) >= 11 is 0. The van der Waals surface area contributed by atoms with Gasteiger partial charge in [-0.1, -0.05) is 24.3 Å². The molecule has 27 heavy (non-hydrogen) atoms. The zero-order valence-electron chi connectivity index (χ0n) is 14.6. The van der Waals surface area contributed by atoms with Crippen LogP contribution in [-0.2, 0) is 0 Å². The third kappa shape index (κ3) is 4.43. The van der Waals surface area contributed by atoms with Gasteiger partial charge in [0.25, 0.3) is 5.91 Å². The van der Waals surface area contributed by atoms with Gasteiger partial charge in [-0.15, -0.1) is 0 Å². The van der Waals surface area contributed by atoms with E-state index in [0.717, 1.165) is 16.9 Å². The minimum absolute atomic E-state index is 0.0518. The largest absolute Gasteiger partial charge is 0.508 e. The minimum atomic E-state index is -0.375. The zero-order chi connectivity index (χ0) is 19.2. The van der Waals surface area contributed by atoms with Crippen LogP contribution in [0.3, 0.4) is 0 Å². The average Bonchev–Trinajstić information content (AvgIpc) is 2.69. The van der Waals surface area contributed by atoms with Gasteiger partial charge < -0.3 is 14.9 Å². The lowest BCUT2D eigenvalue weighted by Crippen LogP contribution is -2.17. The number of phenolic OH excluding ortho intramolecular Hbond substituents is 2. The second-order valence-corrected chi connectivity index (χ2v) is 5.75. The van der Waals surface area contributed by atoms with Crippen LogP contribution in [0.25, 0.3) is 11.1 Å². The molecule has 0 atom stereocenters. The fraction of sp³-hybridized carbons (Fsp3) is 0.0476. The highest BCUT2D eigenvalue weighted by Gasteiger charge is 2.07. The average molecular weight is 362 g/mol. The summed E-state index contributed by atoms with van der Waals surface area (Å²) in [7, 11) is 1.61. The molecule has 0 aliphatic rings. The van der Waals surface area contributed by atoms with Crippen LogP contribution >= 0.6 is 0 Å². The van der Waals surface area contributed by atoms with Gasteiger partial charge in [-0.05, 0) is 47.5 Å². The number of hydrazone groups is 1. The molecule has 3 aromatic carbocycles. The molecule has 0 saturated carbocycles. The van der Waals surface area contributed by atoms with E-state index in [1.807, 2.05) is 30.3 Å². The fourth-order valence-corrected chi connectivity index (χ4v) is 2.49. The maximum atomic E-state index is 12.3. The third-order valence-electron chi connectivity index (χ3n) is 3.93. The predicted molar refractivity (Wildman–Crippen MR) is 103 cm³/mol. The molecule has 3 aromatic rings. The quantitative estimate of drug-likeness (QED) is 0.478. The summed E-state index contributed by atoms with van der Waals surface area (Å²) in [6.07, 6.45) is 1.31. The van der Waals surface area contributed by atoms with Gasteiger partial charge in [-0.25, -0.2) is 5.43 Å². The van der Waals surface area contributed by atoms with E-state index in [2.05, 4.69) is 10.5 Å². The number of aromatic hydroxyl groups is 2. The number of amides is 1. The maximum absolute atomic E-state index is 12.3. The van der Waals surface area contributed by atoms with Crippen LogP contribution in [0, 0.1) is 0 Å². The van der Waals surface area contributed by atoms with Crippen molar-refractivity contribution in [1.82, 2.24) is 5.43 Å². The van der Waals surface area contributed by atoms with Crippen molar-refractivity contribution in [2.24, 2.45) is 5.10 Å². The zero-order valence-corrected chi connectivity index (χ0v) is 14.6. The molecular formula is C21H18N2O4. The first-order chi connectivity index (χ1) is 13.1. The lowest BCUT2D eigenvalue weighted by Gasteiger charge is -2.06. The Labute approximate surface area is 156 Å². The molecule has 0 unspecified atom stereocenters. The van der Waals surface area contributed by atoms with E-state index < -0.39 is 0 Å². The normalized spacial score (nSPS) is 10.7. The molecule has 0 aliphatic heterocycles. The lowest BCUT2D eigenvalue weighted by molar-refractivity contribution is 0.0955. The van der Waals surface area contributed by atoms with E-state index in [1.54, 1.807) is 25.3 Å². The number of ether oxygens (including phenoxy) is 1. The van der Waals surface area contributed by atoms with E-state index in [-0.39, 0.29) is 17.4 Å². The number of methoxy groups -OCH3 is 1. The number of hydrogen-bond donors (Lipinski definition) is 3. The number of nitrogens with one attached hydrogen (secondary N) is 1. The van der Waals surface area contributed by atoms with Crippen LogP contribution in [0.2, 0.25) is 0 Å². The van der Waals surface area contributed by atoms with E-state index in [9.17, 15) is 15.0 Å². The number of benzene rings is 3. The van der Waals surface area contributed by atoms with Gasteiger partial charge in [0, 0.05) is 17.2 Å². The number of rotatable bonds is 5. The Morgan fingerprint density at radius 2 is 1.78 bits per heavy atom. The molecule has 3 N–H and O–H groups in total. The lowest BCUT2D eigenvalue weighted by atomic mass is 10.0. The van der Waals surface area contributed by atoms with Gasteiger partial charge in [0.15, 0.2) is 0 Å². The van der Waals surface area contributed by atoms with E-state index in [0.29, 0.717) is 11.1 Å². The van der Waals surface area contributed by atoms with E-state index >= 15 is 0 Å². The predicted octanol–water partition coefficient (Wildman–Crippen LogP) is 3.54. The van der Waals surface area contributed by atoms with Gasteiger partial charge in [0.2, 0.25) is 0 Å². The van der Waals surface area contributed by atoms with E-state index in [4.69, 9.17) is 4.74 Å². The molecule has 0 bridgehead atoms. The highest BCUT2D eigenvalue weighted by Crippen LogP contribution is 2.23. The van der Waals surface area contributed by atoms with E-state index in [1.165, 1.54) is 24.4 Å². The van der Waals surface area contributed by atoms with Crippen molar-refractivity contribution in [2.75, 3.05) is 7.11 Å². The highest BCUT2D eigenvalue weighted by atomic mass is 16.5. The molecule has 0 fully saturated rings. The summed E-state index contributed by atoms with van der Waals surface area (Å²) in [4.78, 5) is 12.3. The van der Waals surface area contributed by atoms with Crippen molar-refractivity contribution < 1.29 is 19.7 Å². The van der Waals surface area contributed by atoms with Crippen molar-refractivity contribution in [3.63, 3.8) is 0 Å². The van der Waals surface area contributed by atoms with Gasteiger partial charge in [0.1, 0.15) is 17.2 Å². The SMILES string of the molecule is COc1ccc(-c2cccc(C(=O)NN=Cc3ccc(O)cc3O)c2)cc1. The summed E-state index contributed by atoms with van der Waals surface area (Å²) in [5.74, 6) is 0.206. The van der Waals surface area contributed by atoms with Crippen molar-refractivity contribution in [3.8, 4) is 28.4 Å². The Morgan fingerprint density at radius 1 is 1.00 bits per heavy atom. The Hall–Kier alpha value is -3.80. The number of hydrogen-bond acceptors (Lipinski definition) is 5. The number of phenols is 2. The first kappa shape index (κ1) is 18.0.